The summed E-state index contributed by atoms with van der Waals surface area (Å²) < 4.78 is 5.63. The standard InChI is InChI=1S/C15H26N2O/c1-4-5-12(2)17(3)10-15-8-13(11-18-15)9-16-14-6-7-14/h8,11-12,14,16H,4-7,9-10H2,1-3H3. The summed E-state index contributed by atoms with van der Waals surface area (Å²) in [4.78, 5) is 2.36. The molecular weight excluding hydrogens is 224 g/mol. The normalized spacial score (nSPS) is 17.3. The van der Waals surface area contributed by atoms with E-state index in [1.807, 2.05) is 6.26 Å². The highest BCUT2D eigenvalue weighted by Crippen LogP contribution is 2.20. The molecule has 1 aliphatic rings. The van der Waals surface area contributed by atoms with Gasteiger partial charge in [-0.25, -0.2) is 0 Å². The van der Waals surface area contributed by atoms with Crippen LogP contribution in [0.5, 0.6) is 0 Å². The third-order valence-corrected chi connectivity index (χ3v) is 3.74. The number of hydrogen-bond acceptors (Lipinski definition) is 3. The van der Waals surface area contributed by atoms with E-state index < -0.39 is 0 Å². The van der Waals surface area contributed by atoms with Gasteiger partial charge in [-0.2, -0.15) is 0 Å². The fourth-order valence-corrected chi connectivity index (χ4v) is 2.19. The van der Waals surface area contributed by atoms with Crippen molar-refractivity contribution in [2.45, 2.75) is 64.7 Å². The molecule has 0 aliphatic heterocycles. The monoisotopic (exact) mass is 250 g/mol. The van der Waals surface area contributed by atoms with E-state index in [0.29, 0.717) is 6.04 Å². The highest BCUT2D eigenvalue weighted by molar-refractivity contribution is 5.13. The molecule has 18 heavy (non-hydrogen) atoms. The van der Waals surface area contributed by atoms with Crippen LogP contribution in [0.4, 0.5) is 0 Å². The smallest absolute Gasteiger partial charge is 0.118 e. The Kier molecular flexibility index (Phi) is 4.84. The molecule has 0 amide bonds. The SMILES string of the molecule is CCCC(C)N(C)Cc1cc(CNC2CC2)co1. The summed E-state index contributed by atoms with van der Waals surface area (Å²) in [6.07, 6.45) is 7.04. The predicted molar refractivity (Wildman–Crippen MR) is 74.4 cm³/mol. The van der Waals surface area contributed by atoms with Gasteiger partial charge in [-0.05, 0) is 39.3 Å². The second kappa shape index (κ2) is 6.39. The van der Waals surface area contributed by atoms with Gasteiger partial charge >= 0.3 is 0 Å². The average Bonchev–Trinajstić information content (AvgIpc) is 3.08. The average molecular weight is 250 g/mol. The van der Waals surface area contributed by atoms with Crippen molar-refractivity contribution in [3.63, 3.8) is 0 Å². The maximum Gasteiger partial charge on any atom is 0.118 e. The first-order chi connectivity index (χ1) is 8.69. The van der Waals surface area contributed by atoms with Crippen molar-refractivity contribution in [1.82, 2.24) is 10.2 Å². The van der Waals surface area contributed by atoms with E-state index in [1.165, 1.54) is 31.2 Å². The first-order valence-corrected chi connectivity index (χ1v) is 7.19. The van der Waals surface area contributed by atoms with Crippen LogP contribution in [0.2, 0.25) is 0 Å². The number of hydrogen-bond donors (Lipinski definition) is 1. The summed E-state index contributed by atoms with van der Waals surface area (Å²) in [5, 5.41) is 3.51. The molecule has 1 N–H and O–H groups in total. The zero-order valence-corrected chi connectivity index (χ0v) is 11.9. The van der Waals surface area contributed by atoms with Crippen LogP contribution in [-0.2, 0) is 13.1 Å². The van der Waals surface area contributed by atoms with Gasteiger partial charge in [0.05, 0.1) is 12.8 Å². The molecule has 0 saturated heterocycles. The predicted octanol–water partition coefficient (Wildman–Crippen LogP) is 3.15. The van der Waals surface area contributed by atoms with E-state index in [1.54, 1.807) is 0 Å². The molecule has 3 nitrogen and oxygen atoms in total. The third-order valence-electron chi connectivity index (χ3n) is 3.74. The topological polar surface area (TPSA) is 28.4 Å². The molecule has 3 heteroatoms. The largest absolute Gasteiger partial charge is 0.468 e. The summed E-state index contributed by atoms with van der Waals surface area (Å²) in [7, 11) is 2.17. The van der Waals surface area contributed by atoms with Crippen molar-refractivity contribution < 1.29 is 4.42 Å². The van der Waals surface area contributed by atoms with Crippen LogP contribution in [0.25, 0.3) is 0 Å². The summed E-state index contributed by atoms with van der Waals surface area (Å²) in [6.45, 7) is 6.37. The van der Waals surface area contributed by atoms with Gasteiger partial charge in [-0.15, -0.1) is 0 Å². The Morgan fingerprint density at radius 2 is 2.28 bits per heavy atom. The molecule has 2 rings (SSSR count). The van der Waals surface area contributed by atoms with Gasteiger partial charge < -0.3 is 9.73 Å². The molecule has 1 saturated carbocycles. The zero-order chi connectivity index (χ0) is 13.0. The molecule has 1 atom stereocenters. The lowest BCUT2D eigenvalue weighted by Crippen LogP contribution is -2.28. The van der Waals surface area contributed by atoms with Crippen molar-refractivity contribution in [3.8, 4) is 0 Å². The molecule has 1 aliphatic carbocycles. The van der Waals surface area contributed by atoms with Crippen LogP contribution in [0, 0.1) is 0 Å². The number of rotatable bonds is 8. The Bertz CT molecular complexity index is 357. The number of nitrogens with zero attached hydrogens (tertiary/aromatic N) is 1. The van der Waals surface area contributed by atoms with E-state index in [9.17, 15) is 0 Å². The number of nitrogens with one attached hydrogen (secondary N) is 1. The van der Waals surface area contributed by atoms with Crippen LogP contribution >= 0.6 is 0 Å². The molecule has 102 valence electrons. The second-order valence-electron chi connectivity index (χ2n) is 5.63. The molecule has 1 fully saturated rings. The quantitative estimate of drug-likeness (QED) is 0.768. The summed E-state index contributed by atoms with van der Waals surface area (Å²) in [5.41, 5.74) is 1.27. The Balaban J connectivity index is 1.77. The fourth-order valence-electron chi connectivity index (χ4n) is 2.19. The van der Waals surface area contributed by atoms with Gasteiger partial charge in [0.15, 0.2) is 0 Å². The van der Waals surface area contributed by atoms with Crippen LogP contribution in [-0.4, -0.2) is 24.0 Å². The van der Waals surface area contributed by atoms with Gasteiger partial charge in [0, 0.05) is 24.2 Å². The van der Waals surface area contributed by atoms with Crippen molar-refractivity contribution in [2.75, 3.05) is 7.05 Å². The molecular formula is C15H26N2O. The minimum absolute atomic E-state index is 0.619. The summed E-state index contributed by atoms with van der Waals surface area (Å²) >= 11 is 0. The lowest BCUT2D eigenvalue weighted by Gasteiger charge is -2.22. The molecule has 0 spiro atoms. The molecule has 0 bridgehead atoms. The Morgan fingerprint density at radius 3 is 2.94 bits per heavy atom. The molecule has 1 unspecified atom stereocenters. The van der Waals surface area contributed by atoms with Gasteiger partial charge in [0.2, 0.25) is 0 Å². The molecule has 1 aromatic rings. The summed E-state index contributed by atoms with van der Waals surface area (Å²) in [6, 6.07) is 3.56. The minimum Gasteiger partial charge on any atom is -0.468 e. The zero-order valence-electron chi connectivity index (χ0n) is 11.9. The highest BCUT2D eigenvalue weighted by Gasteiger charge is 2.20. The van der Waals surface area contributed by atoms with Crippen LogP contribution in [0.1, 0.15) is 50.9 Å². The minimum atomic E-state index is 0.619. The van der Waals surface area contributed by atoms with Crippen molar-refractivity contribution in [1.29, 1.82) is 0 Å². The number of furan rings is 1. The van der Waals surface area contributed by atoms with E-state index >= 15 is 0 Å². The van der Waals surface area contributed by atoms with E-state index in [2.05, 4.69) is 37.2 Å². The van der Waals surface area contributed by atoms with E-state index in [4.69, 9.17) is 4.42 Å². The van der Waals surface area contributed by atoms with Crippen molar-refractivity contribution in [3.05, 3.63) is 23.7 Å². The second-order valence-corrected chi connectivity index (χ2v) is 5.63. The molecule has 1 heterocycles. The van der Waals surface area contributed by atoms with Crippen molar-refractivity contribution in [2.24, 2.45) is 0 Å². The van der Waals surface area contributed by atoms with Gasteiger partial charge in [-0.3, -0.25) is 4.90 Å². The molecule has 1 aromatic heterocycles. The van der Waals surface area contributed by atoms with Crippen LogP contribution < -0.4 is 5.32 Å². The van der Waals surface area contributed by atoms with Gasteiger partial charge in [0.25, 0.3) is 0 Å². The van der Waals surface area contributed by atoms with E-state index in [-0.39, 0.29) is 0 Å². The van der Waals surface area contributed by atoms with E-state index in [0.717, 1.165) is 24.9 Å². The lowest BCUT2D eigenvalue weighted by molar-refractivity contribution is 0.219. The lowest BCUT2D eigenvalue weighted by atomic mass is 10.1. The third kappa shape index (κ3) is 4.14. The first-order valence-electron chi connectivity index (χ1n) is 7.19. The maximum atomic E-state index is 5.63. The van der Waals surface area contributed by atoms with Crippen molar-refractivity contribution >= 4 is 0 Å². The fraction of sp³-hybridized carbons (Fsp3) is 0.733. The Labute approximate surface area is 111 Å². The van der Waals surface area contributed by atoms with Crippen LogP contribution in [0.15, 0.2) is 16.7 Å². The van der Waals surface area contributed by atoms with Gasteiger partial charge in [0.1, 0.15) is 5.76 Å². The Hall–Kier alpha value is -0.800. The molecule has 0 radical (unpaired) electrons. The Morgan fingerprint density at radius 1 is 1.50 bits per heavy atom. The molecule has 0 aromatic carbocycles. The summed E-state index contributed by atoms with van der Waals surface area (Å²) in [5.74, 6) is 1.08. The van der Waals surface area contributed by atoms with Crippen LogP contribution in [0.3, 0.4) is 0 Å². The first kappa shape index (κ1) is 13.6. The van der Waals surface area contributed by atoms with Gasteiger partial charge in [-0.1, -0.05) is 13.3 Å². The highest BCUT2D eigenvalue weighted by atomic mass is 16.3. The maximum absolute atomic E-state index is 5.63.